The van der Waals surface area contributed by atoms with Gasteiger partial charge in [0.25, 0.3) is 0 Å². The van der Waals surface area contributed by atoms with Crippen LogP contribution in [0, 0.1) is 0 Å². The molecule has 1 aromatic carbocycles. The summed E-state index contributed by atoms with van der Waals surface area (Å²) in [6.07, 6.45) is 4.05. The van der Waals surface area contributed by atoms with Gasteiger partial charge in [-0.2, -0.15) is 0 Å². The standard InChI is InChI=1S/C15H21N3OS/c1-18(13-8-9-13)10-2-3-14(19)17-12-6-4-11(5-7-12)15(16)20/h4-7,13H,2-3,8-10H2,1H3,(H2,16,20)(H,17,19). The van der Waals surface area contributed by atoms with Crippen LogP contribution in [-0.2, 0) is 4.79 Å². The maximum absolute atomic E-state index is 11.8. The van der Waals surface area contributed by atoms with E-state index in [1.165, 1.54) is 12.8 Å². The highest BCUT2D eigenvalue weighted by atomic mass is 32.1. The highest BCUT2D eigenvalue weighted by Gasteiger charge is 2.25. The van der Waals surface area contributed by atoms with E-state index in [0.29, 0.717) is 11.4 Å². The Balaban J connectivity index is 1.71. The number of nitrogens with two attached hydrogens (primary N) is 1. The number of thiocarbonyl (C=S) groups is 1. The van der Waals surface area contributed by atoms with Crippen molar-refractivity contribution in [3.63, 3.8) is 0 Å². The maximum Gasteiger partial charge on any atom is 0.224 e. The SMILES string of the molecule is CN(CCCC(=O)Nc1ccc(C(N)=S)cc1)C1CC1. The topological polar surface area (TPSA) is 58.4 Å². The average Bonchev–Trinajstić information content (AvgIpc) is 3.23. The number of carbonyl (C=O) groups is 1. The number of hydrogen-bond donors (Lipinski definition) is 2. The fourth-order valence-electron chi connectivity index (χ4n) is 2.13. The van der Waals surface area contributed by atoms with Crippen LogP contribution in [0.4, 0.5) is 5.69 Å². The summed E-state index contributed by atoms with van der Waals surface area (Å²) in [6.45, 7) is 0.985. The van der Waals surface area contributed by atoms with E-state index in [1.54, 1.807) is 0 Å². The number of rotatable bonds is 7. The van der Waals surface area contributed by atoms with Gasteiger partial charge in [0.2, 0.25) is 5.91 Å². The van der Waals surface area contributed by atoms with E-state index in [4.69, 9.17) is 18.0 Å². The molecular formula is C15H21N3OS. The second-order valence-corrected chi connectivity index (χ2v) is 5.74. The van der Waals surface area contributed by atoms with Gasteiger partial charge in [-0.15, -0.1) is 0 Å². The van der Waals surface area contributed by atoms with E-state index < -0.39 is 0 Å². The van der Waals surface area contributed by atoms with Crippen molar-refractivity contribution in [3.05, 3.63) is 29.8 Å². The summed E-state index contributed by atoms with van der Waals surface area (Å²) in [7, 11) is 2.13. The third kappa shape index (κ3) is 4.58. The molecule has 0 bridgehead atoms. The van der Waals surface area contributed by atoms with Crippen LogP contribution in [0.5, 0.6) is 0 Å². The van der Waals surface area contributed by atoms with E-state index in [0.717, 1.165) is 30.3 Å². The van der Waals surface area contributed by atoms with Crippen LogP contribution >= 0.6 is 12.2 Å². The average molecular weight is 291 g/mol. The Hall–Kier alpha value is -1.46. The molecule has 3 N–H and O–H groups in total. The van der Waals surface area contributed by atoms with Crippen LogP contribution in [0.3, 0.4) is 0 Å². The summed E-state index contributed by atoms with van der Waals surface area (Å²) < 4.78 is 0. The number of anilines is 1. The van der Waals surface area contributed by atoms with Gasteiger partial charge in [0.05, 0.1) is 0 Å². The normalized spacial score (nSPS) is 14.3. The van der Waals surface area contributed by atoms with Crippen molar-refractivity contribution < 1.29 is 4.79 Å². The van der Waals surface area contributed by atoms with Crippen molar-refractivity contribution >= 4 is 28.8 Å². The first kappa shape index (κ1) is 14.9. The first-order valence-electron chi connectivity index (χ1n) is 6.96. The largest absolute Gasteiger partial charge is 0.389 e. The minimum atomic E-state index is 0.0530. The van der Waals surface area contributed by atoms with Gasteiger partial charge in [0, 0.05) is 23.7 Å². The van der Waals surface area contributed by atoms with Crippen LogP contribution in [0.25, 0.3) is 0 Å². The molecule has 0 aromatic heterocycles. The molecule has 0 heterocycles. The number of benzene rings is 1. The lowest BCUT2D eigenvalue weighted by atomic mass is 10.2. The Labute approximate surface area is 125 Å². The number of carbonyl (C=O) groups excluding carboxylic acids is 1. The van der Waals surface area contributed by atoms with E-state index in [9.17, 15) is 4.79 Å². The first-order chi connectivity index (χ1) is 9.56. The summed E-state index contributed by atoms with van der Waals surface area (Å²) in [6, 6.07) is 8.04. The third-order valence-corrected chi connectivity index (χ3v) is 3.77. The van der Waals surface area contributed by atoms with Gasteiger partial charge < -0.3 is 16.0 Å². The Morgan fingerprint density at radius 3 is 2.60 bits per heavy atom. The van der Waals surface area contributed by atoms with Crippen molar-refractivity contribution in [2.45, 2.75) is 31.7 Å². The molecule has 0 saturated heterocycles. The molecule has 0 radical (unpaired) electrons. The maximum atomic E-state index is 11.8. The molecule has 1 saturated carbocycles. The molecule has 2 rings (SSSR count). The van der Waals surface area contributed by atoms with E-state index in [2.05, 4.69) is 17.3 Å². The van der Waals surface area contributed by atoms with Crippen molar-refractivity contribution in [3.8, 4) is 0 Å². The molecule has 1 aliphatic carbocycles. The lowest BCUT2D eigenvalue weighted by Crippen LogP contribution is -2.23. The van der Waals surface area contributed by atoms with Crippen LogP contribution < -0.4 is 11.1 Å². The third-order valence-electron chi connectivity index (χ3n) is 3.54. The molecular weight excluding hydrogens is 270 g/mol. The summed E-state index contributed by atoms with van der Waals surface area (Å²) in [5.41, 5.74) is 7.12. The second kappa shape index (κ2) is 6.81. The number of hydrogen-bond acceptors (Lipinski definition) is 3. The Bertz CT molecular complexity index is 482. The van der Waals surface area contributed by atoms with Gasteiger partial charge in [0.1, 0.15) is 4.99 Å². The van der Waals surface area contributed by atoms with Gasteiger partial charge in [-0.1, -0.05) is 12.2 Å². The van der Waals surface area contributed by atoms with Crippen molar-refractivity contribution in [1.29, 1.82) is 0 Å². The van der Waals surface area contributed by atoms with Crippen molar-refractivity contribution in [1.82, 2.24) is 4.90 Å². The smallest absolute Gasteiger partial charge is 0.224 e. The highest BCUT2D eigenvalue weighted by Crippen LogP contribution is 2.25. The lowest BCUT2D eigenvalue weighted by molar-refractivity contribution is -0.116. The first-order valence-corrected chi connectivity index (χ1v) is 7.37. The molecule has 1 aliphatic rings. The van der Waals surface area contributed by atoms with Crippen molar-refractivity contribution in [2.75, 3.05) is 18.9 Å². The molecule has 0 spiro atoms. The monoisotopic (exact) mass is 291 g/mol. The van der Waals surface area contributed by atoms with E-state index in [1.807, 2.05) is 24.3 Å². The van der Waals surface area contributed by atoms with Crippen LogP contribution in [0.2, 0.25) is 0 Å². The quantitative estimate of drug-likeness (QED) is 0.756. The van der Waals surface area contributed by atoms with Gasteiger partial charge in [-0.05, 0) is 57.1 Å². The fourth-order valence-corrected chi connectivity index (χ4v) is 2.26. The number of nitrogens with zero attached hydrogens (tertiary/aromatic N) is 1. The number of nitrogens with one attached hydrogen (secondary N) is 1. The molecule has 5 heteroatoms. The molecule has 1 aromatic rings. The summed E-state index contributed by atoms with van der Waals surface area (Å²) in [5, 5.41) is 2.89. The predicted octanol–water partition coefficient (Wildman–Crippen LogP) is 2.13. The molecule has 0 unspecified atom stereocenters. The molecule has 0 aliphatic heterocycles. The molecule has 20 heavy (non-hydrogen) atoms. The summed E-state index contributed by atoms with van der Waals surface area (Å²) in [4.78, 5) is 14.5. The zero-order valence-electron chi connectivity index (χ0n) is 11.8. The van der Waals surface area contributed by atoms with Crippen LogP contribution in [-0.4, -0.2) is 35.4 Å². The van der Waals surface area contributed by atoms with Crippen LogP contribution in [0.1, 0.15) is 31.2 Å². The summed E-state index contributed by atoms with van der Waals surface area (Å²) >= 11 is 4.89. The minimum Gasteiger partial charge on any atom is -0.389 e. The number of amides is 1. The van der Waals surface area contributed by atoms with Gasteiger partial charge in [-0.3, -0.25) is 4.79 Å². The van der Waals surface area contributed by atoms with E-state index in [-0.39, 0.29) is 5.91 Å². The Kier molecular flexibility index (Phi) is 5.09. The minimum absolute atomic E-state index is 0.0530. The van der Waals surface area contributed by atoms with Gasteiger partial charge >= 0.3 is 0 Å². The molecule has 108 valence electrons. The Morgan fingerprint density at radius 2 is 2.05 bits per heavy atom. The van der Waals surface area contributed by atoms with Gasteiger partial charge in [-0.25, -0.2) is 0 Å². The second-order valence-electron chi connectivity index (χ2n) is 5.31. The zero-order chi connectivity index (χ0) is 14.5. The Morgan fingerprint density at radius 1 is 1.40 bits per heavy atom. The highest BCUT2D eigenvalue weighted by molar-refractivity contribution is 7.80. The molecule has 0 atom stereocenters. The van der Waals surface area contributed by atoms with Crippen LogP contribution in [0.15, 0.2) is 24.3 Å². The molecule has 4 nitrogen and oxygen atoms in total. The summed E-state index contributed by atoms with van der Waals surface area (Å²) in [5.74, 6) is 0.0530. The van der Waals surface area contributed by atoms with E-state index >= 15 is 0 Å². The van der Waals surface area contributed by atoms with Gasteiger partial charge in [0.15, 0.2) is 0 Å². The van der Waals surface area contributed by atoms with Crippen molar-refractivity contribution in [2.24, 2.45) is 5.73 Å². The zero-order valence-corrected chi connectivity index (χ0v) is 12.6. The molecule has 1 fully saturated rings. The molecule has 1 amide bonds. The lowest BCUT2D eigenvalue weighted by Gasteiger charge is -2.14. The fraction of sp³-hybridized carbons (Fsp3) is 0.467. The predicted molar refractivity (Wildman–Crippen MR) is 85.8 cm³/mol.